The fraction of sp³-hybridized carbons (Fsp3) is 0.526. The molecule has 1 atom stereocenters. The van der Waals surface area contributed by atoms with Gasteiger partial charge in [-0.1, -0.05) is 12.7 Å². The van der Waals surface area contributed by atoms with Crippen molar-refractivity contribution in [2.24, 2.45) is 0 Å². The molecule has 0 amide bonds. The Morgan fingerprint density at radius 2 is 2.00 bits per heavy atom. The van der Waals surface area contributed by atoms with Crippen molar-refractivity contribution in [2.75, 3.05) is 13.7 Å². The molecule has 0 saturated carbocycles. The zero-order chi connectivity index (χ0) is 17.2. The molecule has 1 unspecified atom stereocenters. The summed E-state index contributed by atoms with van der Waals surface area (Å²) in [7, 11) is 1.41. The highest BCUT2D eigenvalue weighted by Gasteiger charge is 2.36. The molecule has 1 aliphatic rings. The van der Waals surface area contributed by atoms with Crippen molar-refractivity contribution in [1.29, 1.82) is 0 Å². The van der Waals surface area contributed by atoms with E-state index >= 15 is 0 Å². The van der Waals surface area contributed by atoms with E-state index in [0.717, 1.165) is 41.0 Å². The molecule has 0 saturated heterocycles. The number of hydrogen-bond donors (Lipinski definition) is 0. The Morgan fingerprint density at radius 1 is 1.30 bits per heavy atom. The molecule has 0 aliphatic carbocycles. The van der Waals surface area contributed by atoms with Crippen molar-refractivity contribution < 1.29 is 19.0 Å². The zero-order valence-electron chi connectivity index (χ0n) is 14.7. The molecule has 0 spiro atoms. The highest BCUT2D eigenvalue weighted by atomic mass is 16.5. The minimum absolute atomic E-state index is 0.243. The smallest absolute Gasteiger partial charge is 0.309 e. The van der Waals surface area contributed by atoms with Gasteiger partial charge in [-0.25, -0.2) is 0 Å². The lowest BCUT2D eigenvalue weighted by atomic mass is 9.85. The molecule has 23 heavy (non-hydrogen) atoms. The van der Waals surface area contributed by atoms with E-state index in [4.69, 9.17) is 14.2 Å². The van der Waals surface area contributed by atoms with Gasteiger partial charge in [-0.05, 0) is 57.2 Å². The summed E-state index contributed by atoms with van der Waals surface area (Å²) in [4.78, 5) is 11.7. The third kappa shape index (κ3) is 3.36. The average Bonchev–Trinajstić information content (AvgIpc) is 2.52. The average molecular weight is 318 g/mol. The topological polar surface area (TPSA) is 44.8 Å². The number of fused-ring (bicyclic) bond motifs is 1. The van der Waals surface area contributed by atoms with Gasteiger partial charge in [0.05, 0.1) is 13.5 Å². The second kappa shape index (κ2) is 6.65. The summed E-state index contributed by atoms with van der Waals surface area (Å²) in [6.07, 6.45) is 3.65. The first kappa shape index (κ1) is 17.4. The van der Waals surface area contributed by atoms with Gasteiger partial charge in [-0.15, -0.1) is 0 Å². The standard InChI is InChI=1S/C19H26O4/c1-7-10-22-17-12(2)13(3)18-15(14(17)4)8-9-19(5,23-18)11-16(20)21-6/h7H,1,8-11H2,2-6H3. The molecule has 1 aromatic rings. The van der Waals surface area contributed by atoms with Crippen LogP contribution in [-0.4, -0.2) is 25.3 Å². The van der Waals surface area contributed by atoms with Gasteiger partial charge in [0.2, 0.25) is 0 Å². The maximum atomic E-state index is 11.7. The lowest BCUT2D eigenvalue weighted by Gasteiger charge is -2.37. The minimum atomic E-state index is -0.521. The van der Waals surface area contributed by atoms with E-state index in [1.165, 1.54) is 12.7 Å². The summed E-state index contributed by atoms with van der Waals surface area (Å²) in [6, 6.07) is 0. The first-order chi connectivity index (χ1) is 10.8. The zero-order valence-corrected chi connectivity index (χ0v) is 14.7. The Kier molecular flexibility index (Phi) is 5.03. The van der Waals surface area contributed by atoms with Crippen molar-refractivity contribution >= 4 is 5.97 Å². The first-order valence-corrected chi connectivity index (χ1v) is 7.95. The molecule has 0 radical (unpaired) electrons. The first-order valence-electron chi connectivity index (χ1n) is 7.95. The van der Waals surface area contributed by atoms with E-state index in [0.29, 0.717) is 6.61 Å². The molecule has 0 fully saturated rings. The Labute approximate surface area is 138 Å². The van der Waals surface area contributed by atoms with Crippen LogP contribution in [0, 0.1) is 20.8 Å². The van der Waals surface area contributed by atoms with Crippen LogP contribution >= 0.6 is 0 Å². The number of rotatable bonds is 5. The van der Waals surface area contributed by atoms with Gasteiger partial charge in [-0.3, -0.25) is 4.79 Å². The quantitative estimate of drug-likeness (QED) is 0.611. The van der Waals surface area contributed by atoms with Gasteiger partial charge in [0, 0.05) is 5.56 Å². The minimum Gasteiger partial charge on any atom is -0.489 e. The van der Waals surface area contributed by atoms with E-state index in [1.54, 1.807) is 6.08 Å². The Morgan fingerprint density at radius 3 is 2.61 bits per heavy atom. The van der Waals surface area contributed by atoms with Gasteiger partial charge >= 0.3 is 5.97 Å². The van der Waals surface area contributed by atoms with Gasteiger partial charge in [0.25, 0.3) is 0 Å². The normalized spacial score (nSPS) is 19.5. The van der Waals surface area contributed by atoms with Crippen molar-refractivity contribution in [3.8, 4) is 11.5 Å². The molecule has 1 aliphatic heterocycles. The lowest BCUT2D eigenvalue weighted by Crippen LogP contribution is -2.39. The molecule has 1 aromatic carbocycles. The number of hydrogen-bond acceptors (Lipinski definition) is 4. The van der Waals surface area contributed by atoms with Crippen LogP contribution in [0.15, 0.2) is 12.7 Å². The van der Waals surface area contributed by atoms with Crippen LogP contribution in [0.1, 0.15) is 42.0 Å². The summed E-state index contributed by atoms with van der Waals surface area (Å²) in [5, 5.41) is 0. The van der Waals surface area contributed by atoms with Gasteiger partial charge in [-0.2, -0.15) is 0 Å². The monoisotopic (exact) mass is 318 g/mol. The number of esters is 1. The van der Waals surface area contributed by atoms with E-state index < -0.39 is 5.60 Å². The van der Waals surface area contributed by atoms with Crippen molar-refractivity contribution in [1.82, 2.24) is 0 Å². The lowest BCUT2D eigenvalue weighted by molar-refractivity contribution is -0.145. The molecular weight excluding hydrogens is 292 g/mol. The highest BCUT2D eigenvalue weighted by molar-refractivity contribution is 5.71. The van der Waals surface area contributed by atoms with E-state index in [1.807, 2.05) is 20.8 Å². The molecule has 126 valence electrons. The maximum Gasteiger partial charge on any atom is 0.309 e. The third-order valence-corrected chi connectivity index (χ3v) is 4.65. The van der Waals surface area contributed by atoms with Crippen molar-refractivity contribution in [3.05, 3.63) is 34.9 Å². The van der Waals surface area contributed by atoms with E-state index in [2.05, 4.69) is 13.5 Å². The van der Waals surface area contributed by atoms with Crippen molar-refractivity contribution in [2.45, 2.75) is 52.6 Å². The SMILES string of the molecule is C=CCOc1c(C)c(C)c2c(c1C)CCC(C)(CC(=O)OC)O2. The van der Waals surface area contributed by atoms with Crippen LogP contribution in [0.25, 0.3) is 0 Å². The maximum absolute atomic E-state index is 11.7. The Hall–Kier alpha value is -1.97. The predicted octanol–water partition coefficient (Wildman–Crippen LogP) is 3.82. The molecular formula is C19H26O4. The number of carbonyl (C=O) groups excluding carboxylic acids is 1. The molecule has 0 bridgehead atoms. The number of ether oxygens (including phenoxy) is 3. The molecule has 0 aromatic heterocycles. The van der Waals surface area contributed by atoms with Crippen molar-refractivity contribution in [3.63, 3.8) is 0 Å². The molecule has 1 heterocycles. The molecule has 4 nitrogen and oxygen atoms in total. The summed E-state index contributed by atoms with van der Waals surface area (Å²) in [5.41, 5.74) is 3.91. The van der Waals surface area contributed by atoms with Crippen LogP contribution < -0.4 is 9.47 Å². The summed E-state index contributed by atoms with van der Waals surface area (Å²) in [5.74, 6) is 1.57. The Bertz CT molecular complexity index is 633. The van der Waals surface area contributed by atoms with Crippen LogP contribution in [-0.2, 0) is 16.0 Å². The fourth-order valence-corrected chi connectivity index (χ4v) is 3.14. The molecule has 0 N–H and O–H groups in total. The van der Waals surface area contributed by atoms with Crippen LogP contribution in [0.3, 0.4) is 0 Å². The fourth-order valence-electron chi connectivity index (χ4n) is 3.14. The van der Waals surface area contributed by atoms with Gasteiger partial charge < -0.3 is 14.2 Å². The number of methoxy groups -OCH3 is 1. The van der Waals surface area contributed by atoms with Crippen LogP contribution in [0.2, 0.25) is 0 Å². The van der Waals surface area contributed by atoms with Gasteiger partial charge in [0.1, 0.15) is 23.7 Å². The predicted molar refractivity (Wildman–Crippen MR) is 90.3 cm³/mol. The number of benzene rings is 1. The largest absolute Gasteiger partial charge is 0.489 e. The van der Waals surface area contributed by atoms with Crippen LogP contribution in [0.5, 0.6) is 11.5 Å². The molecule has 2 rings (SSSR count). The van der Waals surface area contributed by atoms with E-state index in [-0.39, 0.29) is 12.4 Å². The second-order valence-electron chi connectivity index (χ2n) is 6.42. The summed E-state index contributed by atoms with van der Waals surface area (Å²) < 4.78 is 16.9. The summed E-state index contributed by atoms with van der Waals surface area (Å²) >= 11 is 0. The molecule has 4 heteroatoms. The highest BCUT2D eigenvalue weighted by Crippen LogP contribution is 2.44. The third-order valence-electron chi connectivity index (χ3n) is 4.65. The second-order valence-corrected chi connectivity index (χ2v) is 6.42. The van der Waals surface area contributed by atoms with Crippen LogP contribution in [0.4, 0.5) is 0 Å². The summed E-state index contributed by atoms with van der Waals surface area (Å²) in [6.45, 7) is 12.3. The Balaban J connectivity index is 2.41. The van der Waals surface area contributed by atoms with Gasteiger partial charge in [0.15, 0.2) is 0 Å². The number of carbonyl (C=O) groups is 1. The van der Waals surface area contributed by atoms with E-state index in [9.17, 15) is 4.79 Å².